The Bertz CT molecular complexity index is 468. The molecule has 110 valence electrons. The molecule has 1 aromatic carbocycles. The number of phenolic OH excluding ortho intramolecular Hbond substituents is 1. The molecule has 4 heteroatoms. The summed E-state index contributed by atoms with van der Waals surface area (Å²) >= 11 is 0. The van der Waals surface area contributed by atoms with Crippen LogP contribution >= 0.6 is 0 Å². The van der Waals surface area contributed by atoms with Crippen LogP contribution in [0.1, 0.15) is 48.0 Å². The fourth-order valence-corrected chi connectivity index (χ4v) is 2.96. The minimum absolute atomic E-state index is 0.0541. The second kappa shape index (κ2) is 6.75. The Balaban J connectivity index is 2.23. The van der Waals surface area contributed by atoms with E-state index in [1.807, 2.05) is 11.8 Å². The molecule has 0 bridgehead atoms. The number of nitrogens with zero attached hydrogens (tertiary/aromatic N) is 1. The van der Waals surface area contributed by atoms with Gasteiger partial charge in [-0.25, -0.2) is 0 Å². The molecule has 0 unspecified atom stereocenters. The van der Waals surface area contributed by atoms with Crippen molar-refractivity contribution in [3.63, 3.8) is 0 Å². The number of hydrogen-bond donors (Lipinski definition) is 2. The van der Waals surface area contributed by atoms with E-state index in [1.165, 1.54) is 19.3 Å². The van der Waals surface area contributed by atoms with Gasteiger partial charge in [0.15, 0.2) is 0 Å². The van der Waals surface area contributed by atoms with Crippen LogP contribution in [0.3, 0.4) is 0 Å². The maximum Gasteiger partial charge on any atom is 0.257 e. The van der Waals surface area contributed by atoms with Crippen molar-refractivity contribution >= 4 is 5.91 Å². The number of phenols is 1. The maximum atomic E-state index is 12.7. The molecule has 0 aromatic heterocycles. The van der Waals surface area contributed by atoms with Gasteiger partial charge >= 0.3 is 0 Å². The average Bonchev–Trinajstić information content (AvgIpc) is 2.47. The highest BCUT2D eigenvalue weighted by Gasteiger charge is 2.27. The first-order valence-electron chi connectivity index (χ1n) is 7.44. The lowest BCUT2D eigenvalue weighted by Crippen LogP contribution is -2.44. The molecule has 1 aliphatic carbocycles. The van der Waals surface area contributed by atoms with E-state index in [0.717, 1.165) is 18.4 Å². The zero-order valence-electron chi connectivity index (χ0n) is 12.1. The molecule has 3 N–H and O–H groups in total. The number of hydrogen-bond acceptors (Lipinski definition) is 3. The van der Waals surface area contributed by atoms with Gasteiger partial charge < -0.3 is 15.7 Å². The lowest BCUT2D eigenvalue weighted by Gasteiger charge is -2.34. The van der Waals surface area contributed by atoms with Crippen LogP contribution in [-0.2, 0) is 0 Å². The second-order valence-electron chi connectivity index (χ2n) is 5.60. The topological polar surface area (TPSA) is 66.6 Å². The molecule has 20 heavy (non-hydrogen) atoms. The van der Waals surface area contributed by atoms with Crippen molar-refractivity contribution in [1.29, 1.82) is 0 Å². The van der Waals surface area contributed by atoms with Gasteiger partial charge in [0.05, 0.1) is 5.56 Å². The van der Waals surface area contributed by atoms with Crippen molar-refractivity contribution in [2.75, 3.05) is 13.1 Å². The number of carbonyl (C=O) groups excluding carboxylic acids is 1. The highest BCUT2D eigenvalue weighted by molar-refractivity contribution is 5.97. The van der Waals surface area contributed by atoms with Crippen molar-refractivity contribution < 1.29 is 9.90 Å². The molecule has 2 rings (SSSR count). The molecule has 1 aromatic rings. The molecule has 0 aliphatic heterocycles. The average molecular weight is 276 g/mol. The molecule has 1 saturated carbocycles. The van der Waals surface area contributed by atoms with Gasteiger partial charge in [-0.2, -0.15) is 0 Å². The van der Waals surface area contributed by atoms with Crippen LogP contribution in [0.15, 0.2) is 18.2 Å². The first kappa shape index (κ1) is 14.9. The third-order valence-corrected chi connectivity index (χ3v) is 4.03. The molecule has 4 nitrogen and oxygen atoms in total. The Kier molecular flexibility index (Phi) is 5.01. The van der Waals surface area contributed by atoms with Crippen molar-refractivity contribution in [2.45, 2.75) is 45.1 Å². The first-order chi connectivity index (χ1) is 9.63. The highest BCUT2D eigenvalue weighted by atomic mass is 16.3. The Hall–Kier alpha value is -1.55. The zero-order valence-corrected chi connectivity index (χ0v) is 12.1. The van der Waals surface area contributed by atoms with Crippen LogP contribution in [0, 0.1) is 6.92 Å². The fraction of sp³-hybridized carbons (Fsp3) is 0.562. The summed E-state index contributed by atoms with van der Waals surface area (Å²) in [5.41, 5.74) is 7.03. The lowest BCUT2D eigenvalue weighted by atomic mass is 9.93. The number of aryl methyl sites for hydroxylation is 1. The third kappa shape index (κ3) is 3.31. The number of rotatable bonds is 4. The largest absolute Gasteiger partial charge is 0.507 e. The predicted molar refractivity (Wildman–Crippen MR) is 79.8 cm³/mol. The van der Waals surface area contributed by atoms with Gasteiger partial charge in [-0.3, -0.25) is 4.79 Å². The first-order valence-corrected chi connectivity index (χ1v) is 7.44. The molecule has 0 spiro atoms. The Morgan fingerprint density at radius 2 is 2.05 bits per heavy atom. The predicted octanol–water partition coefficient (Wildman–Crippen LogP) is 2.43. The summed E-state index contributed by atoms with van der Waals surface area (Å²) in [5.74, 6) is -0.0398. The Morgan fingerprint density at radius 1 is 1.35 bits per heavy atom. The molecule has 0 saturated heterocycles. The Labute approximate surface area is 120 Å². The van der Waals surface area contributed by atoms with E-state index in [9.17, 15) is 9.90 Å². The van der Waals surface area contributed by atoms with Gasteiger partial charge in [0.2, 0.25) is 0 Å². The molecule has 0 atom stereocenters. The molecule has 1 aliphatic rings. The molecule has 0 heterocycles. The van der Waals surface area contributed by atoms with E-state index in [0.29, 0.717) is 18.7 Å². The summed E-state index contributed by atoms with van der Waals surface area (Å²) in [6.45, 7) is 2.93. The van der Waals surface area contributed by atoms with Crippen LogP contribution in [0.2, 0.25) is 0 Å². The van der Waals surface area contributed by atoms with Crippen molar-refractivity contribution in [2.24, 2.45) is 5.73 Å². The van der Waals surface area contributed by atoms with Gasteiger partial charge in [0.25, 0.3) is 5.91 Å². The summed E-state index contributed by atoms with van der Waals surface area (Å²) in [6.07, 6.45) is 5.66. The summed E-state index contributed by atoms with van der Waals surface area (Å²) in [7, 11) is 0. The smallest absolute Gasteiger partial charge is 0.257 e. The normalized spacial score (nSPS) is 16.1. The van der Waals surface area contributed by atoms with E-state index in [1.54, 1.807) is 18.2 Å². The monoisotopic (exact) mass is 276 g/mol. The standard InChI is InChI=1S/C16H24N2O2/c1-12-7-8-15(19)14(11-12)16(20)18(10-9-17)13-5-3-2-4-6-13/h7-8,11,13,19H,2-6,9-10,17H2,1H3. The molecular weight excluding hydrogens is 252 g/mol. The fourth-order valence-electron chi connectivity index (χ4n) is 2.96. The summed E-state index contributed by atoms with van der Waals surface area (Å²) in [6, 6.07) is 5.41. The number of benzene rings is 1. The van der Waals surface area contributed by atoms with Gasteiger partial charge in [-0.05, 0) is 31.9 Å². The molecule has 1 fully saturated rings. The second-order valence-corrected chi connectivity index (χ2v) is 5.60. The number of carbonyl (C=O) groups is 1. The van der Waals surface area contributed by atoms with Crippen LogP contribution in [-0.4, -0.2) is 35.0 Å². The summed E-state index contributed by atoms with van der Waals surface area (Å²) in [4.78, 5) is 14.6. The van der Waals surface area contributed by atoms with Crippen molar-refractivity contribution in [3.05, 3.63) is 29.3 Å². The number of nitrogens with two attached hydrogens (primary N) is 1. The minimum atomic E-state index is -0.0939. The third-order valence-electron chi connectivity index (χ3n) is 4.03. The number of aromatic hydroxyl groups is 1. The van der Waals surface area contributed by atoms with E-state index < -0.39 is 0 Å². The van der Waals surface area contributed by atoms with E-state index in [-0.39, 0.29) is 17.7 Å². The minimum Gasteiger partial charge on any atom is -0.507 e. The van der Waals surface area contributed by atoms with Crippen LogP contribution < -0.4 is 5.73 Å². The maximum absolute atomic E-state index is 12.7. The van der Waals surface area contributed by atoms with Gasteiger partial charge in [-0.15, -0.1) is 0 Å². The Morgan fingerprint density at radius 3 is 2.70 bits per heavy atom. The number of amides is 1. The van der Waals surface area contributed by atoms with Gasteiger partial charge in [-0.1, -0.05) is 30.9 Å². The van der Waals surface area contributed by atoms with Crippen LogP contribution in [0.4, 0.5) is 0 Å². The van der Waals surface area contributed by atoms with Crippen molar-refractivity contribution in [3.8, 4) is 5.75 Å². The zero-order chi connectivity index (χ0) is 14.5. The summed E-state index contributed by atoms with van der Waals surface area (Å²) < 4.78 is 0. The molecule has 0 radical (unpaired) electrons. The van der Waals surface area contributed by atoms with Gasteiger partial charge in [0, 0.05) is 19.1 Å². The van der Waals surface area contributed by atoms with E-state index in [2.05, 4.69) is 0 Å². The van der Waals surface area contributed by atoms with Crippen LogP contribution in [0.5, 0.6) is 5.75 Å². The van der Waals surface area contributed by atoms with E-state index >= 15 is 0 Å². The lowest BCUT2D eigenvalue weighted by molar-refractivity contribution is 0.0638. The SMILES string of the molecule is Cc1ccc(O)c(C(=O)N(CCN)C2CCCCC2)c1. The quantitative estimate of drug-likeness (QED) is 0.887. The molecule has 1 amide bonds. The van der Waals surface area contributed by atoms with Crippen LogP contribution in [0.25, 0.3) is 0 Å². The van der Waals surface area contributed by atoms with E-state index in [4.69, 9.17) is 5.73 Å². The molecular formula is C16H24N2O2. The van der Waals surface area contributed by atoms with Crippen molar-refractivity contribution in [1.82, 2.24) is 4.90 Å². The summed E-state index contributed by atoms with van der Waals surface area (Å²) in [5, 5.41) is 9.94. The highest BCUT2D eigenvalue weighted by Crippen LogP contribution is 2.26. The van der Waals surface area contributed by atoms with Gasteiger partial charge in [0.1, 0.15) is 5.75 Å².